The van der Waals surface area contributed by atoms with Gasteiger partial charge in [-0.25, -0.2) is 0 Å². The Bertz CT molecular complexity index is 1270. The quantitative estimate of drug-likeness (QED) is 0.268. The minimum absolute atomic E-state index is 0.00983. The molecule has 0 amide bonds. The Morgan fingerprint density at radius 2 is 1.32 bits per heavy atom. The summed E-state index contributed by atoms with van der Waals surface area (Å²) in [5.74, 6) is 0.382. The molecule has 0 fully saturated rings. The van der Waals surface area contributed by atoms with Gasteiger partial charge >= 0.3 is 0 Å². The molecule has 0 aromatic rings. The summed E-state index contributed by atoms with van der Waals surface area (Å²) in [4.78, 5) is 0. The Labute approximate surface area is 251 Å². The number of rotatable bonds is 10. The summed E-state index contributed by atoms with van der Waals surface area (Å²) in [6.45, 7) is 24.0. The molecule has 1 N–H and O–H groups in total. The number of aliphatic hydroxyl groups is 1. The first-order valence-corrected chi connectivity index (χ1v) is 15.0. The molecule has 2 rings (SSSR count). The van der Waals surface area contributed by atoms with Gasteiger partial charge in [0.15, 0.2) is 0 Å². The van der Waals surface area contributed by atoms with Crippen molar-refractivity contribution >= 4 is 0 Å². The van der Waals surface area contributed by atoms with Crippen LogP contribution in [0.25, 0.3) is 0 Å². The van der Waals surface area contributed by atoms with E-state index in [0.29, 0.717) is 5.92 Å². The maximum absolute atomic E-state index is 10.1. The molecule has 0 radical (unpaired) electrons. The van der Waals surface area contributed by atoms with Crippen LogP contribution in [0.3, 0.4) is 0 Å². The second-order valence-corrected chi connectivity index (χ2v) is 13.2. The molecule has 0 aliphatic heterocycles. The lowest BCUT2D eigenvalue weighted by atomic mass is 9.69. The highest BCUT2D eigenvalue weighted by Crippen LogP contribution is 2.41. The number of aliphatic hydroxyl groups excluding tert-OH is 1. The second kappa shape index (κ2) is 15.7. The minimum atomic E-state index is -0.223. The van der Waals surface area contributed by atoms with Gasteiger partial charge < -0.3 is 5.11 Å². The standard InChI is InChI=1S/C40H54O/c1-30(18-13-20-32(3)23-25-37-34(5)22-15-27-39(37,7)8)16-11-12-17-31(2)19-14-21-33(4)24-26-38-35(6)28-36(41)29-40(38,9)10/h11-26,36-37,41H,5,27-29H2,1-4,6-10H3/b12-11+,18-13+,19-14+,25-23+,26-24+,30-16+,31-17+,32-20-,33-21+/t36-,37+/m1/s1. The predicted octanol–water partition coefficient (Wildman–Crippen LogP) is 11.2. The highest BCUT2D eigenvalue weighted by Gasteiger charge is 2.31. The van der Waals surface area contributed by atoms with Crippen LogP contribution in [-0.2, 0) is 0 Å². The molecule has 2 atom stereocenters. The van der Waals surface area contributed by atoms with Crippen LogP contribution in [0.15, 0.2) is 143 Å². The van der Waals surface area contributed by atoms with Crippen molar-refractivity contribution in [2.75, 3.05) is 0 Å². The molecule has 0 saturated carbocycles. The van der Waals surface area contributed by atoms with E-state index in [2.05, 4.69) is 166 Å². The lowest BCUT2D eigenvalue weighted by molar-refractivity contribution is 0.116. The molecule has 0 heterocycles. The van der Waals surface area contributed by atoms with Crippen LogP contribution in [0.5, 0.6) is 0 Å². The minimum Gasteiger partial charge on any atom is -0.393 e. The van der Waals surface area contributed by atoms with Gasteiger partial charge in [0.05, 0.1) is 6.10 Å². The van der Waals surface area contributed by atoms with Crippen molar-refractivity contribution in [2.24, 2.45) is 16.7 Å². The van der Waals surface area contributed by atoms with Crippen LogP contribution in [-0.4, -0.2) is 11.2 Å². The zero-order chi connectivity index (χ0) is 30.6. The van der Waals surface area contributed by atoms with Gasteiger partial charge in [-0.1, -0.05) is 159 Å². The summed E-state index contributed by atoms with van der Waals surface area (Å²) in [6, 6.07) is 0. The van der Waals surface area contributed by atoms with Gasteiger partial charge in [-0.15, -0.1) is 0 Å². The van der Waals surface area contributed by atoms with E-state index in [0.717, 1.165) is 19.3 Å². The first-order valence-electron chi connectivity index (χ1n) is 15.0. The molecule has 0 aromatic heterocycles. The first-order chi connectivity index (χ1) is 19.2. The van der Waals surface area contributed by atoms with E-state index in [9.17, 15) is 5.11 Å². The molecule has 2 aliphatic rings. The van der Waals surface area contributed by atoms with Crippen molar-refractivity contribution in [3.8, 4) is 0 Å². The van der Waals surface area contributed by atoms with Crippen LogP contribution < -0.4 is 0 Å². The van der Waals surface area contributed by atoms with Gasteiger partial charge in [-0.05, 0) is 75.9 Å². The van der Waals surface area contributed by atoms with Gasteiger partial charge in [-0.3, -0.25) is 0 Å². The molecule has 220 valence electrons. The molecular weight excluding hydrogens is 496 g/mol. The zero-order valence-corrected chi connectivity index (χ0v) is 27.2. The van der Waals surface area contributed by atoms with Crippen LogP contribution in [0.1, 0.15) is 81.6 Å². The Kier molecular flexibility index (Phi) is 13.1. The van der Waals surface area contributed by atoms with E-state index in [-0.39, 0.29) is 16.9 Å². The summed E-state index contributed by atoms with van der Waals surface area (Å²) in [5.41, 5.74) is 8.91. The molecule has 0 bridgehead atoms. The average molecular weight is 551 g/mol. The molecule has 2 aliphatic carbocycles. The number of allylic oxidation sites excluding steroid dienone is 22. The van der Waals surface area contributed by atoms with Crippen molar-refractivity contribution in [1.29, 1.82) is 0 Å². The smallest absolute Gasteiger partial charge is 0.0585 e. The van der Waals surface area contributed by atoms with E-state index < -0.39 is 0 Å². The lowest BCUT2D eigenvalue weighted by Crippen LogP contribution is -2.28. The zero-order valence-electron chi connectivity index (χ0n) is 27.2. The average Bonchev–Trinajstić information content (AvgIpc) is 2.84. The Morgan fingerprint density at radius 1 is 0.805 bits per heavy atom. The van der Waals surface area contributed by atoms with Gasteiger partial charge in [0, 0.05) is 5.92 Å². The normalized spacial score (nSPS) is 24.9. The molecule has 41 heavy (non-hydrogen) atoms. The third-order valence-electron chi connectivity index (χ3n) is 8.02. The monoisotopic (exact) mass is 550 g/mol. The van der Waals surface area contributed by atoms with Crippen molar-refractivity contribution in [3.05, 3.63) is 143 Å². The highest BCUT2D eigenvalue weighted by atomic mass is 16.3. The Hall–Kier alpha value is -3.16. The molecule has 0 aromatic carbocycles. The highest BCUT2D eigenvalue weighted by molar-refractivity contribution is 5.38. The van der Waals surface area contributed by atoms with Crippen molar-refractivity contribution in [3.63, 3.8) is 0 Å². The fraction of sp³-hybridized carbons (Fsp3) is 0.400. The van der Waals surface area contributed by atoms with Crippen LogP contribution >= 0.6 is 0 Å². The van der Waals surface area contributed by atoms with Crippen molar-refractivity contribution in [1.82, 2.24) is 0 Å². The fourth-order valence-corrected chi connectivity index (χ4v) is 5.61. The molecule has 1 heteroatoms. The molecule has 0 unspecified atom stereocenters. The van der Waals surface area contributed by atoms with Crippen molar-refractivity contribution in [2.45, 2.75) is 87.7 Å². The maximum Gasteiger partial charge on any atom is 0.0585 e. The third-order valence-corrected chi connectivity index (χ3v) is 8.02. The topological polar surface area (TPSA) is 20.2 Å². The van der Waals surface area contributed by atoms with Gasteiger partial charge in [0.2, 0.25) is 0 Å². The molecule has 0 saturated heterocycles. The van der Waals surface area contributed by atoms with E-state index in [1.54, 1.807) is 0 Å². The maximum atomic E-state index is 10.1. The molecular formula is C40H54O. The van der Waals surface area contributed by atoms with Crippen LogP contribution in [0.4, 0.5) is 0 Å². The Balaban J connectivity index is 1.89. The summed E-state index contributed by atoms with van der Waals surface area (Å²) < 4.78 is 0. The summed E-state index contributed by atoms with van der Waals surface area (Å²) in [6.07, 6.45) is 37.0. The summed E-state index contributed by atoms with van der Waals surface area (Å²) in [5, 5.41) is 10.1. The largest absolute Gasteiger partial charge is 0.393 e. The van der Waals surface area contributed by atoms with E-state index >= 15 is 0 Å². The van der Waals surface area contributed by atoms with Gasteiger partial charge in [-0.2, -0.15) is 0 Å². The fourth-order valence-electron chi connectivity index (χ4n) is 5.61. The van der Waals surface area contributed by atoms with E-state index in [4.69, 9.17) is 0 Å². The van der Waals surface area contributed by atoms with Gasteiger partial charge in [0.25, 0.3) is 0 Å². The molecule has 0 spiro atoms. The van der Waals surface area contributed by atoms with Crippen LogP contribution in [0, 0.1) is 16.7 Å². The predicted molar refractivity (Wildman–Crippen MR) is 183 cm³/mol. The van der Waals surface area contributed by atoms with Crippen LogP contribution in [0.2, 0.25) is 0 Å². The number of hydrogen-bond donors (Lipinski definition) is 1. The van der Waals surface area contributed by atoms with Crippen molar-refractivity contribution < 1.29 is 5.11 Å². The third kappa shape index (κ3) is 11.7. The van der Waals surface area contributed by atoms with E-state index in [1.165, 1.54) is 39.0 Å². The first kappa shape index (κ1) is 34.0. The van der Waals surface area contributed by atoms with Gasteiger partial charge in [0.1, 0.15) is 0 Å². The summed E-state index contributed by atoms with van der Waals surface area (Å²) >= 11 is 0. The SMILES string of the molecule is C=C1C=CCC(C)(C)[C@H]1/C=C/C(C)=C\C=C\C(C)=C\C=C\C=C(C)\C=C\C=C(C)\C=C\C1=C(C)C[C@@H](O)CC1(C)C. The second-order valence-electron chi connectivity index (χ2n) is 13.2. The number of hydrogen-bond acceptors (Lipinski definition) is 1. The molecule has 1 nitrogen and oxygen atoms in total. The Morgan fingerprint density at radius 3 is 1.85 bits per heavy atom. The van der Waals surface area contributed by atoms with E-state index in [1.807, 2.05) is 0 Å². The summed E-state index contributed by atoms with van der Waals surface area (Å²) in [7, 11) is 0. The lowest BCUT2D eigenvalue weighted by Gasteiger charge is -2.35.